The van der Waals surface area contributed by atoms with Gasteiger partial charge in [-0.1, -0.05) is 78.6 Å². The van der Waals surface area contributed by atoms with Gasteiger partial charge >= 0.3 is 0 Å². The summed E-state index contributed by atoms with van der Waals surface area (Å²) in [5.41, 5.74) is 17.0. The van der Waals surface area contributed by atoms with Gasteiger partial charge in [-0.15, -0.1) is 0 Å². The van der Waals surface area contributed by atoms with Gasteiger partial charge in [0.1, 0.15) is 18.1 Å². The standard InChI is InChI=1S/C39H71N7O7/c1-6-13-32(37(49)45-34(28-16-11-8-12-17-28)38(50)44-31(21-40)35(42)47)46(5)39(51)26(4)33(18-27-14-9-7-10-15-27)53-23-25(3)43-36(48)24(2)22-52-30-19-29(41)20-30/h24-34H,6-23,40-41H2,1-5H3,(H2,42,47)(H,43,48)(H,44,50)(H,45,49)/t24-,25+,26+,29-,30-,31-,32-,33+,34-/m0/s1. The van der Waals surface area contributed by atoms with Gasteiger partial charge in [0, 0.05) is 25.7 Å². The molecular weight excluding hydrogens is 678 g/mol. The van der Waals surface area contributed by atoms with E-state index in [1.54, 1.807) is 7.05 Å². The molecule has 3 aliphatic carbocycles. The molecule has 0 aromatic heterocycles. The monoisotopic (exact) mass is 750 g/mol. The summed E-state index contributed by atoms with van der Waals surface area (Å²) in [5.74, 6) is -2.55. The van der Waals surface area contributed by atoms with Crippen molar-refractivity contribution in [2.75, 3.05) is 26.8 Å². The smallest absolute Gasteiger partial charge is 0.243 e. The number of nitrogens with two attached hydrogens (primary N) is 3. The van der Waals surface area contributed by atoms with Gasteiger partial charge in [-0.25, -0.2) is 0 Å². The average Bonchev–Trinajstić information content (AvgIpc) is 3.14. The summed E-state index contributed by atoms with van der Waals surface area (Å²) in [6, 6.07) is -2.85. The summed E-state index contributed by atoms with van der Waals surface area (Å²) in [6.07, 6.45) is 13.2. The molecule has 9 N–H and O–H groups in total. The minimum absolute atomic E-state index is 0.112. The van der Waals surface area contributed by atoms with Gasteiger partial charge in [0.05, 0.1) is 37.3 Å². The van der Waals surface area contributed by atoms with Gasteiger partial charge in [-0.05, 0) is 57.3 Å². The molecule has 0 unspecified atom stereocenters. The number of likely N-dealkylation sites (N-methyl/N-ethyl adjacent to an activating group) is 1. The van der Waals surface area contributed by atoms with Crippen LogP contribution in [0.2, 0.25) is 0 Å². The molecule has 0 heterocycles. The lowest BCUT2D eigenvalue weighted by Gasteiger charge is -2.36. The van der Waals surface area contributed by atoms with Crippen LogP contribution in [0.3, 0.4) is 0 Å². The molecular formula is C39H71N7O7. The highest BCUT2D eigenvalue weighted by Crippen LogP contribution is 2.31. The minimum atomic E-state index is -1.05. The number of amides is 5. The average molecular weight is 750 g/mol. The highest BCUT2D eigenvalue weighted by molar-refractivity contribution is 5.94. The Morgan fingerprint density at radius 1 is 0.830 bits per heavy atom. The Balaban J connectivity index is 1.69. The van der Waals surface area contributed by atoms with Gasteiger partial charge < -0.3 is 47.5 Å². The van der Waals surface area contributed by atoms with Crippen LogP contribution in [-0.4, -0.2) is 104 Å². The predicted molar refractivity (Wildman–Crippen MR) is 204 cm³/mol. The van der Waals surface area contributed by atoms with Crippen LogP contribution in [0.4, 0.5) is 0 Å². The van der Waals surface area contributed by atoms with Gasteiger partial charge in [0.15, 0.2) is 0 Å². The lowest BCUT2D eigenvalue weighted by Crippen LogP contribution is -2.60. The van der Waals surface area contributed by atoms with Crippen LogP contribution in [0, 0.1) is 23.7 Å². The van der Waals surface area contributed by atoms with Crippen LogP contribution < -0.4 is 33.2 Å². The van der Waals surface area contributed by atoms with Crippen LogP contribution in [-0.2, 0) is 33.4 Å². The fourth-order valence-electron chi connectivity index (χ4n) is 7.99. The summed E-state index contributed by atoms with van der Waals surface area (Å²) < 4.78 is 12.3. The third kappa shape index (κ3) is 14.1. The molecule has 0 saturated heterocycles. The van der Waals surface area contributed by atoms with Gasteiger partial charge in [0.2, 0.25) is 29.5 Å². The molecule has 3 fully saturated rings. The number of nitrogens with zero attached hydrogens (tertiary/aromatic N) is 1. The van der Waals surface area contributed by atoms with E-state index in [9.17, 15) is 24.0 Å². The normalized spacial score (nSPS) is 23.6. The summed E-state index contributed by atoms with van der Waals surface area (Å²) in [6.45, 7) is 7.96. The molecule has 304 valence electrons. The van der Waals surface area contributed by atoms with E-state index in [1.807, 2.05) is 27.7 Å². The van der Waals surface area contributed by atoms with E-state index in [4.69, 9.17) is 26.7 Å². The van der Waals surface area contributed by atoms with Crippen molar-refractivity contribution in [2.45, 2.75) is 166 Å². The summed E-state index contributed by atoms with van der Waals surface area (Å²) in [5, 5.41) is 8.65. The first kappa shape index (κ1) is 44.6. The zero-order chi connectivity index (χ0) is 39.1. The fraction of sp³-hybridized carbons (Fsp3) is 0.872. The molecule has 3 saturated carbocycles. The molecule has 0 aliphatic heterocycles. The molecule has 0 radical (unpaired) electrons. The number of carbonyl (C=O) groups is 5. The lowest BCUT2D eigenvalue weighted by molar-refractivity contribution is -0.147. The third-order valence-corrected chi connectivity index (χ3v) is 11.6. The maximum Gasteiger partial charge on any atom is 0.243 e. The number of rotatable bonds is 22. The van der Waals surface area contributed by atoms with Crippen molar-refractivity contribution in [3.05, 3.63) is 0 Å². The molecule has 3 rings (SSSR count). The maximum atomic E-state index is 14.2. The minimum Gasteiger partial charge on any atom is -0.377 e. The molecule has 0 bridgehead atoms. The van der Waals surface area contributed by atoms with Crippen LogP contribution in [0.1, 0.15) is 124 Å². The van der Waals surface area contributed by atoms with Crippen LogP contribution in [0.15, 0.2) is 0 Å². The van der Waals surface area contributed by atoms with Crippen LogP contribution in [0.25, 0.3) is 0 Å². The second-order valence-electron chi connectivity index (χ2n) is 16.2. The number of ether oxygens (including phenoxy) is 2. The topological polar surface area (TPSA) is 221 Å². The molecule has 53 heavy (non-hydrogen) atoms. The second kappa shape index (κ2) is 22.5. The summed E-state index contributed by atoms with van der Waals surface area (Å²) >= 11 is 0. The molecule has 0 aromatic rings. The van der Waals surface area contributed by atoms with E-state index in [-0.39, 0.29) is 55.0 Å². The van der Waals surface area contributed by atoms with E-state index in [0.717, 1.165) is 70.6 Å². The predicted octanol–water partition coefficient (Wildman–Crippen LogP) is 2.25. The fourth-order valence-corrected chi connectivity index (χ4v) is 7.99. The first-order valence-corrected chi connectivity index (χ1v) is 20.4. The van der Waals surface area contributed by atoms with Gasteiger partial charge in [-0.2, -0.15) is 0 Å². The molecule has 7 atom stereocenters. The number of carbonyl (C=O) groups excluding carboxylic acids is 5. The molecule has 3 aliphatic rings. The molecule has 0 aromatic carbocycles. The summed E-state index contributed by atoms with van der Waals surface area (Å²) in [7, 11) is 1.65. The SMILES string of the molecule is CCC[C@@H](C(=O)N[C@H](C(=O)N[C@@H](CN)C(N)=O)C1CCCCC1)N(C)C(=O)[C@H](C)[C@@H](CC1CCCCC1)OC[C@@H](C)NC(=O)[C@@H](C)CO[C@H]1C[C@H](N)C1. The lowest BCUT2D eigenvalue weighted by atomic mass is 9.82. The van der Waals surface area contributed by atoms with Crippen molar-refractivity contribution in [1.29, 1.82) is 0 Å². The highest BCUT2D eigenvalue weighted by Gasteiger charge is 2.38. The first-order chi connectivity index (χ1) is 25.2. The van der Waals surface area contributed by atoms with Crippen molar-refractivity contribution in [3.63, 3.8) is 0 Å². The third-order valence-electron chi connectivity index (χ3n) is 11.6. The van der Waals surface area contributed by atoms with E-state index in [1.165, 1.54) is 11.3 Å². The van der Waals surface area contributed by atoms with E-state index in [0.29, 0.717) is 31.8 Å². The van der Waals surface area contributed by atoms with Crippen molar-refractivity contribution < 1.29 is 33.4 Å². The number of primary amides is 1. The van der Waals surface area contributed by atoms with Crippen molar-refractivity contribution in [1.82, 2.24) is 20.9 Å². The van der Waals surface area contributed by atoms with Crippen molar-refractivity contribution >= 4 is 29.5 Å². The summed E-state index contributed by atoms with van der Waals surface area (Å²) in [4.78, 5) is 68.1. The van der Waals surface area contributed by atoms with Crippen LogP contribution >= 0.6 is 0 Å². The molecule has 14 nitrogen and oxygen atoms in total. The van der Waals surface area contributed by atoms with Gasteiger partial charge in [-0.3, -0.25) is 24.0 Å². The molecule has 14 heteroatoms. The first-order valence-electron chi connectivity index (χ1n) is 20.4. The van der Waals surface area contributed by atoms with Crippen molar-refractivity contribution in [3.8, 4) is 0 Å². The Kier molecular flexibility index (Phi) is 19.0. The Morgan fingerprint density at radius 3 is 2.02 bits per heavy atom. The van der Waals surface area contributed by atoms with E-state index >= 15 is 0 Å². The maximum absolute atomic E-state index is 14.2. The Morgan fingerprint density at radius 2 is 1.45 bits per heavy atom. The van der Waals surface area contributed by atoms with E-state index in [2.05, 4.69) is 16.0 Å². The largest absolute Gasteiger partial charge is 0.377 e. The Bertz CT molecular complexity index is 1170. The number of nitrogens with one attached hydrogen (secondary N) is 3. The highest BCUT2D eigenvalue weighted by atomic mass is 16.5. The van der Waals surface area contributed by atoms with Gasteiger partial charge in [0.25, 0.3) is 0 Å². The number of hydrogen-bond donors (Lipinski definition) is 6. The Hall–Kier alpha value is -2.81. The second-order valence-corrected chi connectivity index (χ2v) is 16.2. The van der Waals surface area contributed by atoms with E-state index < -0.39 is 47.9 Å². The quantitative estimate of drug-likeness (QED) is 0.0955. The van der Waals surface area contributed by atoms with Crippen molar-refractivity contribution in [2.24, 2.45) is 40.9 Å². The Labute approximate surface area is 317 Å². The molecule has 0 spiro atoms. The molecule has 5 amide bonds. The zero-order valence-corrected chi connectivity index (χ0v) is 33.1. The zero-order valence-electron chi connectivity index (χ0n) is 33.1. The van der Waals surface area contributed by atoms with Crippen LogP contribution in [0.5, 0.6) is 0 Å². The number of hydrogen-bond acceptors (Lipinski definition) is 9.